The van der Waals surface area contributed by atoms with Gasteiger partial charge in [0.05, 0.1) is 0 Å². The molecule has 0 bridgehead atoms. The second-order valence-electron chi connectivity index (χ2n) is 8.99. The number of nitrogens with one attached hydrogen (secondary N) is 2. The molecule has 1 atom stereocenters. The first-order chi connectivity index (χ1) is 17.9. The van der Waals surface area contributed by atoms with Gasteiger partial charge in [0.15, 0.2) is 11.5 Å². The van der Waals surface area contributed by atoms with Crippen molar-refractivity contribution in [3.8, 4) is 11.5 Å². The van der Waals surface area contributed by atoms with Gasteiger partial charge in [0.2, 0.25) is 17.7 Å². The molecule has 0 aromatic heterocycles. The molecule has 0 spiro atoms. The molecule has 11 heteroatoms. The number of ether oxygens (including phenoxy) is 2. The van der Waals surface area contributed by atoms with Crippen molar-refractivity contribution < 1.29 is 32.5 Å². The number of fused-ring (bicyclic) bond motifs is 1. The van der Waals surface area contributed by atoms with E-state index in [1.807, 2.05) is 0 Å². The molecule has 2 aromatic rings. The van der Waals surface area contributed by atoms with E-state index in [1.54, 1.807) is 18.2 Å². The van der Waals surface area contributed by atoms with Gasteiger partial charge in [0.25, 0.3) is 0 Å². The second-order valence-corrected chi connectivity index (χ2v) is 10.5. The zero-order valence-corrected chi connectivity index (χ0v) is 21.2. The first-order valence-corrected chi connectivity index (χ1v) is 13.8. The number of carbonyl (C=O) groups is 3. The summed E-state index contributed by atoms with van der Waals surface area (Å²) in [5.74, 6) is -1.78. The summed E-state index contributed by atoms with van der Waals surface area (Å²) in [6, 6.07) is 10.2. The largest absolute Gasteiger partial charge is 0.486 e. The highest BCUT2D eigenvalue weighted by molar-refractivity contribution is 7.86. The van der Waals surface area contributed by atoms with E-state index in [9.17, 15) is 23.0 Å². The van der Waals surface area contributed by atoms with Crippen LogP contribution in [0.2, 0.25) is 0 Å². The SMILES string of the molecule is O=C(CS(=O)CC(=O)N(CC(=O)NC1CCCCC1)c1ccc2c(c1)OCCO2)Nc1ccc(F)cc1. The molecule has 1 saturated carbocycles. The Morgan fingerprint density at radius 1 is 0.919 bits per heavy atom. The lowest BCUT2D eigenvalue weighted by atomic mass is 9.95. The third-order valence-corrected chi connectivity index (χ3v) is 7.27. The average Bonchev–Trinajstić information content (AvgIpc) is 2.88. The molecule has 2 aliphatic rings. The van der Waals surface area contributed by atoms with E-state index in [-0.39, 0.29) is 18.5 Å². The molecular weight excluding hydrogens is 501 g/mol. The van der Waals surface area contributed by atoms with Crippen LogP contribution in [-0.2, 0) is 25.2 Å². The third-order valence-electron chi connectivity index (χ3n) is 6.12. The maximum atomic E-state index is 13.2. The Labute approximate surface area is 217 Å². The molecule has 2 aromatic carbocycles. The highest BCUT2D eigenvalue weighted by Crippen LogP contribution is 2.34. The van der Waals surface area contributed by atoms with Crippen LogP contribution in [0.3, 0.4) is 0 Å². The van der Waals surface area contributed by atoms with Gasteiger partial charge in [-0.05, 0) is 49.2 Å². The minimum absolute atomic E-state index is 0.0720. The minimum Gasteiger partial charge on any atom is -0.486 e. The molecule has 3 amide bonds. The molecular formula is C26H30FN3O6S. The molecule has 37 heavy (non-hydrogen) atoms. The minimum atomic E-state index is -1.84. The van der Waals surface area contributed by atoms with Crippen molar-refractivity contribution in [2.45, 2.75) is 38.1 Å². The van der Waals surface area contributed by atoms with Crippen LogP contribution in [0.15, 0.2) is 42.5 Å². The highest BCUT2D eigenvalue weighted by atomic mass is 32.2. The van der Waals surface area contributed by atoms with E-state index in [4.69, 9.17) is 9.47 Å². The molecule has 198 valence electrons. The number of rotatable bonds is 9. The number of carbonyl (C=O) groups excluding carboxylic acids is 3. The van der Waals surface area contributed by atoms with Crippen molar-refractivity contribution in [2.75, 3.05) is 41.5 Å². The molecule has 1 aliphatic carbocycles. The summed E-state index contributed by atoms with van der Waals surface area (Å²) < 4.78 is 36.9. The van der Waals surface area contributed by atoms with Gasteiger partial charge in [0.1, 0.15) is 37.1 Å². The number of hydrogen-bond donors (Lipinski definition) is 2. The normalized spacial score (nSPS) is 15.9. The maximum absolute atomic E-state index is 13.2. The molecule has 0 radical (unpaired) electrons. The van der Waals surface area contributed by atoms with Gasteiger partial charge in [0, 0.05) is 34.3 Å². The number of halogens is 1. The van der Waals surface area contributed by atoms with Crippen molar-refractivity contribution in [3.05, 3.63) is 48.3 Å². The highest BCUT2D eigenvalue weighted by Gasteiger charge is 2.25. The van der Waals surface area contributed by atoms with Gasteiger partial charge in [-0.25, -0.2) is 4.39 Å². The summed E-state index contributed by atoms with van der Waals surface area (Å²) in [6.45, 7) is 0.519. The smallest absolute Gasteiger partial charge is 0.240 e. The van der Waals surface area contributed by atoms with Crippen molar-refractivity contribution in [1.82, 2.24) is 5.32 Å². The monoisotopic (exact) mass is 531 g/mol. The molecule has 1 aliphatic heterocycles. The molecule has 0 saturated heterocycles. The lowest BCUT2D eigenvalue weighted by molar-refractivity contribution is -0.123. The van der Waals surface area contributed by atoms with Crippen LogP contribution < -0.4 is 25.0 Å². The van der Waals surface area contributed by atoms with Crippen molar-refractivity contribution in [2.24, 2.45) is 0 Å². The Morgan fingerprint density at radius 2 is 1.62 bits per heavy atom. The fourth-order valence-corrected chi connectivity index (χ4v) is 5.23. The Bertz CT molecular complexity index is 1150. The summed E-state index contributed by atoms with van der Waals surface area (Å²) in [7, 11) is -1.84. The van der Waals surface area contributed by atoms with Gasteiger partial charge in [-0.2, -0.15) is 0 Å². The quantitative estimate of drug-likeness (QED) is 0.515. The summed E-state index contributed by atoms with van der Waals surface area (Å²) in [5.41, 5.74) is 0.757. The predicted molar refractivity (Wildman–Crippen MR) is 138 cm³/mol. The first kappa shape index (κ1) is 26.6. The molecule has 9 nitrogen and oxygen atoms in total. The maximum Gasteiger partial charge on any atom is 0.240 e. The molecule has 4 rings (SSSR count). The number of hydrogen-bond acceptors (Lipinski definition) is 6. The van der Waals surface area contributed by atoms with Crippen molar-refractivity contribution in [3.63, 3.8) is 0 Å². The van der Waals surface area contributed by atoms with Gasteiger partial charge < -0.3 is 25.0 Å². The number of benzene rings is 2. The van der Waals surface area contributed by atoms with Crippen LogP contribution in [0.1, 0.15) is 32.1 Å². The fourth-order valence-electron chi connectivity index (χ4n) is 4.33. The standard InChI is InChI=1S/C26H30FN3O6S/c27-18-6-8-20(9-7-18)29-25(32)16-37(34)17-26(33)30(15-24(31)28-19-4-2-1-3-5-19)21-10-11-22-23(14-21)36-13-12-35-22/h6-11,14,19H,1-5,12-13,15-17H2,(H,28,31)(H,29,32). The Balaban J connectivity index is 1.42. The molecule has 1 fully saturated rings. The third kappa shape index (κ3) is 7.75. The number of nitrogens with zero attached hydrogens (tertiary/aromatic N) is 1. The Hall–Kier alpha value is -3.47. The van der Waals surface area contributed by atoms with Crippen LogP contribution in [0.5, 0.6) is 11.5 Å². The number of anilines is 2. The molecule has 1 heterocycles. The average molecular weight is 532 g/mol. The van der Waals surface area contributed by atoms with E-state index in [1.165, 1.54) is 29.2 Å². The summed E-state index contributed by atoms with van der Waals surface area (Å²) in [6.07, 6.45) is 5.05. The summed E-state index contributed by atoms with van der Waals surface area (Å²) in [4.78, 5) is 39.6. The van der Waals surface area contributed by atoms with Crippen LogP contribution in [0.25, 0.3) is 0 Å². The van der Waals surface area contributed by atoms with E-state index < -0.39 is 39.9 Å². The predicted octanol–water partition coefficient (Wildman–Crippen LogP) is 2.77. The summed E-state index contributed by atoms with van der Waals surface area (Å²) in [5, 5.41) is 5.53. The Morgan fingerprint density at radius 3 is 2.35 bits per heavy atom. The van der Waals surface area contributed by atoms with E-state index in [0.717, 1.165) is 32.1 Å². The van der Waals surface area contributed by atoms with Crippen LogP contribution in [0, 0.1) is 5.82 Å². The van der Waals surface area contributed by atoms with Gasteiger partial charge >= 0.3 is 0 Å². The number of amides is 3. The van der Waals surface area contributed by atoms with E-state index in [2.05, 4.69) is 10.6 Å². The Kier molecular flexibility index (Phi) is 9.10. The molecule has 1 unspecified atom stereocenters. The topological polar surface area (TPSA) is 114 Å². The van der Waals surface area contributed by atoms with Crippen LogP contribution >= 0.6 is 0 Å². The van der Waals surface area contributed by atoms with Crippen LogP contribution in [0.4, 0.5) is 15.8 Å². The van der Waals surface area contributed by atoms with E-state index >= 15 is 0 Å². The van der Waals surface area contributed by atoms with Gasteiger partial charge in [-0.1, -0.05) is 19.3 Å². The summed E-state index contributed by atoms with van der Waals surface area (Å²) >= 11 is 0. The van der Waals surface area contributed by atoms with Gasteiger partial charge in [-0.3, -0.25) is 18.6 Å². The van der Waals surface area contributed by atoms with Crippen molar-refractivity contribution in [1.29, 1.82) is 0 Å². The van der Waals surface area contributed by atoms with Crippen molar-refractivity contribution >= 4 is 39.9 Å². The fraction of sp³-hybridized carbons (Fsp3) is 0.423. The lowest BCUT2D eigenvalue weighted by Crippen LogP contribution is -2.46. The van der Waals surface area contributed by atoms with Gasteiger partial charge in [-0.15, -0.1) is 0 Å². The van der Waals surface area contributed by atoms with Crippen LogP contribution in [-0.4, -0.2) is 59.2 Å². The van der Waals surface area contributed by atoms with E-state index in [0.29, 0.717) is 36.1 Å². The zero-order chi connectivity index (χ0) is 26.2. The lowest BCUT2D eigenvalue weighted by Gasteiger charge is -2.27. The molecule has 2 N–H and O–H groups in total. The first-order valence-electron chi connectivity index (χ1n) is 12.3. The zero-order valence-electron chi connectivity index (χ0n) is 20.4. The second kappa shape index (κ2) is 12.7.